The zero-order chi connectivity index (χ0) is 10.9. The largest absolute Gasteiger partial charge is 0.316 e. The first kappa shape index (κ1) is 11.0. The van der Waals surface area contributed by atoms with Crippen LogP contribution in [0.2, 0.25) is 5.02 Å². The van der Waals surface area contributed by atoms with Crippen LogP contribution in [-0.2, 0) is 5.41 Å². The second-order valence-electron chi connectivity index (χ2n) is 4.74. The lowest BCUT2D eigenvalue weighted by Gasteiger charge is -2.33. The highest BCUT2D eigenvalue weighted by Gasteiger charge is 2.38. The van der Waals surface area contributed by atoms with E-state index in [2.05, 4.69) is 31.3 Å². The molecule has 1 N–H and O–H groups in total. The predicted octanol–water partition coefficient (Wildman–Crippen LogP) is 3.23. The van der Waals surface area contributed by atoms with E-state index in [4.69, 9.17) is 11.6 Å². The third-order valence-electron chi connectivity index (χ3n) is 3.71. The summed E-state index contributed by atoms with van der Waals surface area (Å²) in [5.74, 6) is 0.661. The number of halogens is 1. The molecule has 0 bridgehead atoms. The van der Waals surface area contributed by atoms with Crippen molar-refractivity contribution in [3.8, 4) is 0 Å². The van der Waals surface area contributed by atoms with Crippen molar-refractivity contribution in [3.63, 3.8) is 0 Å². The zero-order valence-electron chi connectivity index (χ0n) is 9.39. The molecule has 0 aliphatic carbocycles. The maximum Gasteiger partial charge on any atom is 0.0406 e. The zero-order valence-corrected chi connectivity index (χ0v) is 10.1. The van der Waals surface area contributed by atoms with Gasteiger partial charge in [-0.25, -0.2) is 0 Å². The molecule has 0 saturated carbocycles. The Morgan fingerprint density at radius 3 is 2.40 bits per heavy atom. The fraction of sp³-hybridized carbons (Fsp3) is 0.538. The highest BCUT2D eigenvalue weighted by atomic mass is 35.5. The van der Waals surface area contributed by atoms with Crippen LogP contribution in [0, 0.1) is 5.92 Å². The van der Waals surface area contributed by atoms with Crippen molar-refractivity contribution >= 4 is 11.6 Å². The molecule has 1 aliphatic rings. The third kappa shape index (κ3) is 1.91. The number of hydrogen-bond donors (Lipinski definition) is 1. The van der Waals surface area contributed by atoms with Gasteiger partial charge in [-0.1, -0.05) is 37.6 Å². The standard InChI is InChI=1S/C13H18ClN/c1-10(2)13(7-8-15-9-13)11-3-5-12(14)6-4-11/h3-6,10,15H,7-9H2,1-2H3. The van der Waals surface area contributed by atoms with Gasteiger partial charge < -0.3 is 5.32 Å². The summed E-state index contributed by atoms with van der Waals surface area (Å²) in [7, 11) is 0. The summed E-state index contributed by atoms with van der Waals surface area (Å²) in [5.41, 5.74) is 1.73. The van der Waals surface area contributed by atoms with Crippen molar-refractivity contribution in [2.45, 2.75) is 25.7 Å². The normalized spacial score (nSPS) is 26.1. The van der Waals surface area contributed by atoms with Crippen LogP contribution in [0.5, 0.6) is 0 Å². The molecule has 15 heavy (non-hydrogen) atoms. The summed E-state index contributed by atoms with van der Waals surface area (Å²) < 4.78 is 0. The Kier molecular flexibility index (Phi) is 3.03. The Hall–Kier alpha value is -0.530. The van der Waals surface area contributed by atoms with Crippen molar-refractivity contribution in [1.82, 2.24) is 5.32 Å². The van der Waals surface area contributed by atoms with Crippen LogP contribution in [0.15, 0.2) is 24.3 Å². The van der Waals surface area contributed by atoms with Crippen molar-refractivity contribution < 1.29 is 0 Å². The van der Waals surface area contributed by atoms with Crippen molar-refractivity contribution in [1.29, 1.82) is 0 Å². The number of nitrogens with one attached hydrogen (secondary N) is 1. The van der Waals surface area contributed by atoms with E-state index in [0.29, 0.717) is 11.3 Å². The van der Waals surface area contributed by atoms with Crippen LogP contribution in [0.4, 0.5) is 0 Å². The minimum atomic E-state index is 0.310. The Morgan fingerprint density at radius 1 is 1.27 bits per heavy atom. The molecule has 1 aromatic carbocycles. The summed E-state index contributed by atoms with van der Waals surface area (Å²) in [4.78, 5) is 0. The van der Waals surface area contributed by atoms with Crippen LogP contribution in [0.25, 0.3) is 0 Å². The van der Waals surface area contributed by atoms with Crippen LogP contribution in [-0.4, -0.2) is 13.1 Å². The summed E-state index contributed by atoms with van der Waals surface area (Å²) in [6.07, 6.45) is 1.23. The molecule has 1 aromatic rings. The molecule has 82 valence electrons. The Balaban J connectivity index is 2.36. The minimum absolute atomic E-state index is 0.310. The van der Waals surface area contributed by atoms with Gasteiger partial charge in [-0.3, -0.25) is 0 Å². The van der Waals surface area contributed by atoms with Crippen molar-refractivity contribution in [2.24, 2.45) is 5.92 Å². The number of hydrogen-bond acceptors (Lipinski definition) is 1. The molecule has 1 saturated heterocycles. The summed E-state index contributed by atoms with van der Waals surface area (Å²) >= 11 is 5.93. The van der Waals surface area contributed by atoms with Crippen molar-refractivity contribution in [3.05, 3.63) is 34.9 Å². The topological polar surface area (TPSA) is 12.0 Å². The Labute approximate surface area is 96.8 Å². The van der Waals surface area contributed by atoms with E-state index in [9.17, 15) is 0 Å². The summed E-state index contributed by atoms with van der Waals surface area (Å²) in [6, 6.07) is 8.35. The minimum Gasteiger partial charge on any atom is -0.316 e. The fourth-order valence-electron chi connectivity index (χ4n) is 2.57. The molecular formula is C13H18ClN. The summed E-state index contributed by atoms with van der Waals surface area (Å²) in [6.45, 7) is 6.83. The van der Waals surface area contributed by atoms with Gasteiger partial charge in [-0.2, -0.15) is 0 Å². The molecule has 0 amide bonds. The lowest BCUT2D eigenvalue weighted by molar-refractivity contribution is 0.336. The van der Waals surface area contributed by atoms with Gasteiger partial charge in [0.15, 0.2) is 0 Å². The van der Waals surface area contributed by atoms with E-state index in [0.717, 1.165) is 18.1 Å². The van der Waals surface area contributed by atoms with Crippen LogP contribution >= 0.6 is 11.6 Å². The van der Waals surface area contributed by atoms with Gasteiger partial charge in [-0.15, -0.1) is 0 Å². The average Bonchev–Trinajstić information content (AvgIpc) is 2.69. The number of benzene rings is 1. The van der Waals surface area contributed by atoms with Gasteiger partial charge in [0.05, 0.1) is 0 Å². The molecule has 1 nitrogen and oxygen atoms in total. The summed E-state index contributed by atoms with van der Waals surface area (Å²) in [5, 5.41) is 4.30. The van der Waals surface area contributed by atoms with Crippen molar-refractivity contribution in [2.75, 3.05) is 13.1 Å². The van der Waals surface area contributed by atoms with E-state index >= 15 is 0 Å². The fourth-order valence-corrected chi connectivity index (χ4v) is 2.69. The first-order valence-corrected chi connectivity index (χ1v) is 6.00. The Bertz CT molecular complexity index is 323. The van der Waals surface area contributed by atoms with Gasteiger partial charge >= 0.3 is 0 Å². The van der Waals surface area contributed by atoms with Gasteiger partial charge in [0.25, 0.3) is 0 Å². The lowest BCUT2D eigenvalue weighted by Crippen LogP contribution is -2.34. The number of rotatable bonds is 2. The first-order valence-electron chi connectivity index (χ1n) is 5.62. The molecule has 0 spiro atoms. The van der Waals surface area contributed by atoms with E-state index < -0.39 is 0 Å². The smallest absolute Gasteiger partial charge is 0.0406 e. The van der Waals surface area contributed by atoms with Crippen LogP contribution in [0.1, 0.15) is 25.8 Å². The van der Waals surface area contributed by atoms with Gasteiger partial charge in [0.1, 0.15) is 0 Å². The second kappa shape index (κ2) is 4.15. The molecule has 1 atom stereocenters. The molecule has 1 fully saturated rings. The maximum atomic E-state index is 5.93. The van der Waals surface area contributed by atoms with Crippen LogP contribution < -0.4 is 5.32 Å². The molecule has 1 unspecified atom stereocenters. The average molecular weight is 224 g/mol. The predicted molar refractivity (Wildman–Crippen MR) is 65.5 cm³/mol. The molecular weight excluding hydrogens is 206 g/mol. The lowest BCUT2D eigenvalue weighted by atomic mass is 9.71. The molecule has 0 aromatic heterocycles. The van der Waals surface area contributed by atoms with E-state index in [-0.39, 0.29) is 0 Å². The molecule has 2 heteroatoms. The van der Waals surface area contributed by atoms with E-state index in [1.54, 1.807) is 0 Å². The highest BCUT2D eigenvalue weighted by molar-refractivity contribution is 6.30. The third-order valence-corrected chi connectivity index (χ3v) is 3.96. The van der Waals surface area contributed by atoms with E-state index in [1.165, 1.54) is 12.0 Å². The van der Waals surface area contributed by atoms with Gasteiger partial charge in [0, 0.05) is 17.0 Å². The first-order chi connectivity index (χ1) is 7.15. The Morgan fingerprint density at radius 2 is 1.93 bits per heavy atom. The van der Waals surface area contributed by atoms with Gasteiger partial charge in [-0.05, 0) is 36.6 Å². The second-order valence-corrected chi connectivity index (χ2v) is 5.18. The molecule has 0 radical (unpaired) electrons. The monoisotopic (exact) mass is 223 g/mol. The quantitative estimate of drug-likeness (QED) is 0.812. The SMILES string of the molecule is CC(C)C1(c2ccc(Cl)cc2)CCNC1. The van der Waals surface area contributed by atoms with E-state index in [1.807, 2.05) is 12.1 Å². The van der Waals surface area contributed by atoms with Crippen LogP contribution in [0.3, 0.4) is 0 Å². The molecule has 1 heterocycles. The molecule has 2 rings (SSSR count). The molecule has 1 aliphatic heterocycles. The highest BCUT2D eigenvalue weighted by Crippen LogP contribution is 2.38. The maximum absolute atomic E-state index is 5.93. The van der Waals surface area contributed by atoms with Gasteiger partial charge in [0.2, 0.25) is 0 Å².